The number of hydrogen-bond acceptors (Lipinski definition) is 6. The molecule has 0 saturated heterocycles. The van der Waals surface area contributed by atoms with E-state index in [4.69, 9.17) is 26.5 Å². The highest BCUT2D eigenvalue weighted by Gasteiger charge is 1.95. The number of hydrogen-bond donors (Lipinski definition) is 4. The third-order valence-corrected chi connectivity index (χ3v) is 2.03. The molecule has 122 valence electrons. The van der Waals surface area contributed by atoms with Crippen molar-refractivity contribution in [2.24, 2.45) is 11.5 Å². The Bertz CT molecular complexity index is 570. The summed E-state index contributed by atoms with van der Waals surface area (Å²) in [6, 6.07) is 6.57. The van der Waals surface area contributed by atoms with Gasteiger partial charge in [-0.05, 0) is 24.3 Å². The number of primary amides is 2. The minimum Gasteiger partial charge on any atom is -0.480 e. The average Bonchev–Trinajstić information content (AvgIpc) is 2.57. The summed E-state index contributed by atoms with van der Waals surface area (Å²) in [5.41, 5.74) is 10.8. The first-order chi connectivity index (χ1) is 10.9. The quantitative estimate of drug-likeness (QED) is 0.586. The number of carboxylic acid groups (broad SMARTS) is 1. The minimum absolute atomic E-state index is 0.442. The van der Waals surface area contributed by atoms with Gasteiger partial charge in [0.1, 0.15) is 6.61 Å². The molecule has 2 aromatic heterocycles. The Kier molecular flexibility index (Phi) is 9.70. The van der Waals surface area contributed by atoms with Crippen LogP contribution >= 0.6 is 0 Å². The van der Waals surface area contributed by atoms with Crippen LogP contribution in [0.25, 0.3) is 0 Å². The molecule has 0 aromatic carbocycles. The molecule has 0 bridgehead atoms. The van der Waals surface area contributed by atoms with E-state index in [1.54, 1.807) is 36.7 Å². The van der Waals surface area contributed by atoms with Crippen molar-refractivity contribution in [2.75, 3.05) is 6.61 Å². The molecule has 0 fully saturated rings. The smallest absolute Gasteiger partial charge is 0.329 e. The Hall–Kier alpha value is -3.33. The second-order valence-corrected chi connectivity index (χ2v) is 3.76. The molecular weight excluding hydrogens is 304 g/mol. The molecule has 2 amide bonds. The van der Waals surface area contributed by atoms with Crippen molar-refractivity contribution in [3.05, 3.63) is 60.2 Å². The highest BCUT2D eigenvalue weighted by molar-refractivity contribution is 5.92. The van der Waals surface area contributed by atoms with Crippen LogP contribution < -0.4 is 11.5 Å². The number of aliphatic carboxylic acids is 1. The van der Waals surface area contributed by atoms with E-state index in [0.29, 0.717) is 11.1 Å². The number of nitrogens with two attached hydrogens (primary N) is 2. The molecule has 9 heteroatoms. The molecule has 0 aliphatic heterocycles. The number of aliphatic hydroxyl groups is 1. The van der Waals surface area contributed by atoms with Crippen molar-refractivity contribution in [3.63, 3.8) is 0 Å². The molecule has 6 N–H and O–H groups in total. The average molecular weight is 320 g/mol. The maximum absolute atomic E-state index is 10.4. The zero-order valence-electron chi connectivity index (χ0n) is 12.0. The SMILES string of the molecule is NC(=O)c1cccnc1.NC(=O)c1cccnc1.O=C(O)CO. The molecule has 23 heavy (non-hydrogen) atoms. The van der Waals surface area contributed by atoms with Gasteiger partial charge < -0.3 is 21.7 Å². The summed E-state index contributed by atoms with van der Waals surface area (Å²) < 4.78 is 0. The maximum Gasteiger partial charge on any atom is 0.329 e. The van der Waals surface area contributed by atoms with Crippen molar-refractivity contribution >= 4 is 17.8 Å². The molecule has 9 nitrogen and oxygen atoms in total. The van der Waals surface area contributed by atoms with Crippen LogP contribution in [-0.2, 0) is 4.79 Å². The molecule has 0 aliphatic carbocycles. The van der Waals surface area contributed by atoms with Gasteiger partial charge in [-0.3, -0.25) is 19.6 Å². The predicted octanol–water partition coefficient (Wildman–Crippen LogP) is -0.576. The van der Waals surface area contributed by atoms with Gasteiger partial charge in [0.2, 0.25) is 11.8 Å². The van der Waals surface area contributed by atoms with Crippen molar-refractivity contribution in [3.8, 4) is 0 Å². The molecule has 2 heterocycles. The normalized spacial score (nSPS) is 8.57. The molecule has 2 aromatic rings. The Morgan fingerprint density at radius 3 is 1.39 bits per heavy atom. The van der Waals surface area contributed by atoms with Crippen molar-refractivity contribution in [1.82, 2.24) is 9.97 Å². The minimum atomic E-state index is -1.19. The summed E-state index contributed by atoms with van der Waals surface area (Å²) in [5, 5.41) is 15.0. The number of carbonyl (C=O) groups excluding carboxylic acids is 2. The van der Waals surface area contributed by atoms with Gasteiger partial charge in [-0.1, -0.05) is 0 Å². The lowest BCUT2D eigenvalue weighted by atomic mass is 10.3. The van der Waals surface area contributed by atoms with Crippen LogP contribution in [0.3, 0.4) is 0 Å². The summed E-state index contributed by atoms with van der Waals surface area (Å²) in [6.07, 6.45) is 6.05. The van der Waals surface area contributed by atoms with Crippen LogP contribution in [0.5, 0.6) is 0 Å². The third-order valence-electron chi connectivity index (χ3n) is 2.03. The fraction of sp³-hybridized carbons (Fsp3) is 0.0714. The van der Waals surface area contributed by atoms with E-state index in [0.717, 1.165) is 0 Å². The molecule has 0 atom stereocenters. The lowest BCUT2D eigenvalue weighted by Gasteiger charge is -1.88. The van der Waals surface area contributed by atoms with Gasteiger partial charge in [-0.2, -0.15) is 0 Å². The summed E-state index contributed by atoms with van der Waals surface area (Å²) in [4.78, 5) is 37.3. The maximum atomic E-state index is 10.4. The second-order valence-electron chi connectivity index (χ2n) is 3.76. The highest BCUT2D eigenvalue weighted by Crippen LogP contribution is 1.92. The predicted molar refractivity (Wildman–Crippen MR) is 80.2 cm³/mol. The van der Waals surface area contributed by atoms with E-state index < -0.39 is 24.4 Å². The standard InChI is InChI=1S/2C6H6N2O.C2H4O3/c2*7-6(9)5-2-1-3-8-4-5;3-1-2(4)5/h2*1-4H,(H2,7,9);3H,1H2,(H,4,5). The van der Waals surface area contributed by atoms with Crippen LogP contribution in [0.15, 0.2) is 49.1 Å². The largest absolute Gasteiger partial charge is 0.480 e. The van der Waals surface area contributed by atoms with E-state index in [9.17, 15) is 9.59 Å². The molecule has 0 spiro atoms. The Morgan fingerprint density at radius 1 is 0.913 bits per heavy atom. The number of amides is 2. The number of carbonyl (C=O) groups is 3. The van der Waals surface area contributed by atoms with E-state index in [2.05, 4.69) is 9.97 Å². The molecule has 0 radical (unpaired) electrons. The molecule has 0 aliphatic rings. The monoisotopic (exact) mass is 320 g/mol. The lowest BCUT2D eigenvalue weighted by molar-refractivity contribution is -0.140. The summed E-state index contributed by atoms with van der Waals surface area (Å²) in [6.45, 7) is -0.778. The highest BCUT2D eigenvalue weighted by atomic mass is 16.4. The van der Waals surface area contributed by atoms with Crippen LogP contribution in [0.1, 0.15) is 20.7 Å². The first-order valence-corrected chi connectivity index (χ1v) is 6.10. The summed E-state index contributed by atoms with van der Waals surface area (Å²) in [7, 11) is 0. The molecule has 0 unspecified atom stereocenters. The first-order valence-electron chi connectivity index (χ1n) is 6.10. The Morgan fingerprint density at radius 2 is 1.26 bits per heavy atom. The Balaban J connectivity index is 0.000000332. The van der Waals surface area contributed by atoms with Gasteiger partial charge in [0, 0.05) is 24.8 Å². The van der Waals surface area contributed by atoms with Crippen molar-refractivity contribution in [1.29, 1.82) is 0 Å². The Labute approximate surface area is 131 Å². The van der Waals surface area contributed by atoms with Gasteiger partial charge in [0.15, 0.2) is 0 Å². The number of rotatable bonds is 3. The van der Waals surface area contributed by atoms with E-state index in [1.165, 1.54) is 12.4 Å². The number of aromatic nitrogens is 2. The topological polar surface area (TPSA) is 169 Å². The van der Waals surface area contributed by atoms with Gasteiger partial charge in [-0.25, -0.2) is 4.79 Å². The van der Waals surface area contributed by atoms with Gasteiger partial charge in [0.25, 0.3) is 0 Å². The fourth-order valence-corrected chi connectivity index (χ4v) is 1.02. The van der Waals surface area contributed by atoms with Gasteiger partial charge in [-0.15, -0.1) is 0 Å². The van der Waals surface area contributed by atoms with Crippen LogP contribution in [0.4, 0.5) is 0 Å². The van der Waals surface area contributed by atoms with E-state index in [-0.39, 0.29) is 0 Å². The fourth-order valence-electron chi connectivity index (χ4n) is 1.02. The lowest BCUT2D eigenvalue weighted by Crippen LogP contribution is -2.10. The summed E-state index contributed by atoms with van der Waals surface area (Å²) in [5.74, 6) is -2.07. The van der Waals surface area contributed by atoms with Gasteiger partial charge >= 0.3 is 5.97 Å². The third kappa shape index (κ3) is 10.1. The first kappa shape index (κ1) is 19.7. The number of pyridine rings is 2. The van der Waals surface area contributed by atoms with E-state index in [1.807, 2.05) is 0 Å². The molecule has 2 rings (SSSR count). The van der Waals surface area contributed by atoms with Crippen LogP contribution in [-0.4, -0.2) is 44.6 Å². The zero-order chi connectivity index (χ0) is 17.7. The van der Waals surface area contributed by atoms with Gasteiger partial charge in [0.05, 0.1) is 11.1 Å². The zero-order valence-corrected chi connectivity index (χ0v) is 12.0. The number of carboxylic acids is 1. The van der Waals surface area contributed by atoms with E-state index >= 15 is 0 Å². The van der Waals surface area contributed by atoms with Crippen LogP contribution in [0, 0.1) is 0 Å². The molecular formula is C14H16N4O5. The summed E-state index contributed by atoms with van der Waals surface area (Å²) >= 11 is 0. The van der Waals surface area contributed by atoms with Crippen molar-refractivity contribution in [2.45, 2.75) is 0 Å². The van der Waals surface area contributed by atoms with Crippen LogP contribution in [0.2, 0.25) is 0 Å². The molecule has 0 saturated carbocycles. The van der Waals surface area contributed by atoms with Crippen molar-refractivity contribution < 1.29 is 24.6 Å². The number of aliphatic hydroxyl groups excluding tert-OH is 1. The second kappa shape index (κ2) is 11.3. The number of nitrogens with zero attached hydrogens (tertiary/aromatic N) is 2.